The lowest BCUT2D eigenvalue weighted by Gasteiger charge is -2.21. The van der Waals surface area contributed by atoms with Crippen molar-refractivity contribution in [2.75, 3.05) is 23.8 Å². The Kier molecular flexibility index (Phi) is 7.15. The number of hydrogen-bond acceptors (Lipinski definition) is 10. The van der Waals surface area contributed by atoms with Crippen LogP contribution in [0.2, 0.25) is 0 Å². The van der Waals surface area contributed by atoms with Gasteiger partial charge in [-0.3, -0.25) is 4.98 Å². The van der Waals surface area contributed by atoms with E-state index >= 15 is 0 Å². The van der Waals surface area contributed by atoms with Crippen molar-refractivity contribution >= 4 is 33.3 Å². The van der Waals surface area contributed by atoms with E-state index in [0.717, 1.165) is 51.1 Å². The fourth-order valence-corrected chi connectivity index (χ4v) is 6.52. The minimum atomic E-state index is -1.00. The highest BCUT2D eigenvalue weighted by Gasteiger charge is 2.41. The van der Waals surface area contributed by atoms with Crippen LogP contribution in [0.1, 0.15) is 49.9 Å². The van der Waals surface area contributed by atoms with E-state index < -0.39 is 18.2 Å². The van der Waals surface area contributed by atoms with E-state index in [0.29, 0.717) is 18.2 Å². The Morgan fingerprint density at radius 2 is 1.86 bits per heavy atom. The maximum Gasteiger partial charge on any atom is 0.224 e. The Bertz CT molecular complexity index is 1180. The van der Waals surface area contributed by atoms with Crippen molar-refractivity contribution in [2.24, 2.45) is 11.8 Å². The molecule has 10 heteroatoms. The fourth-order valence-electron chi connectivity index (χ4n) is 5.41. The van der Waals surface area contributed by atoms with Crippen LogP contribution < -0.4 is 10.6 Å². The van der Waals surface area contributed by atoms with Crippen LogP contribution in [0.25, 0.3) is 20.8 Å². The molecule has 2 aliphatic rings. The third-order valence-electron chi connectivity index (χ3n) is 7.46. The number of fused-ring (bicyclic) bond motifs is 1. The summed E-state index contributed by atoms with van der Waals surface area (Å²) in [6, 6.07) is 1.51. The molecule has 0 aromatic carbocycles. The van der Waals surface area contributed by atoms with Gasteiger partial charge in [0.05, 0.1) is 33.8 Å². The molecule has 9 nitrogen and oxygen atoms in total. The third-order valence-corrected chi connectivity index (χ3v) is 8.50. The molecule has 0 amide bonds. The number of thiazole rings is 1. The smallest absolute Gasteiger partial charge is 0.224 e. The number of aliphatic hydroxyl groups excluding tert-OH is 3. The summed E-state index contributed by atoms with van der Waals surface area (Å²) in [4.78, 5) is 18.8. The Morgan fingerprint density at radius 3 is 2.57 bits per heavy atom. The molecule has 1 unspecified atom stereocenters. The SMILES string of the molecule is Cc1nc(NCCC2CCCC2)nc(NC2C[C@H](CO)[C@@H](O)[C@H]2O)c1-c1nc2c(C)nccc2s1. The summed E-state index contributed by atoms with van der Waals surface area (Å²) in [6.45, 7) is 4.52. The number of rotatable bonds is 8. The third kappa shape index (κ3) is 4.97. The van der Waals surface area contributed by atoms with Gasteiger partial charge in [-0.25, -0.2) is 9.97 Å². The van der Waals surface area contributed by atoms with E-state index in [4.69, 9.17) is 15.0 Å². The van der Waals surface area contributed by atoms with E-state index in [1.165, 1.54) is 25.7 Å². The van der Waals surface area contributed by atoms with Crippen LogP contribution in [0, 0.1) is 25.7 Å². The molecule has 3 aromatic rings. The lowest BCUT2D eigenvalue weighted by atomic mass is 10.0. The van der Waals surface area contributed by atoms with Crippen LogP contribution in [0.15, 0.2) is 12.3 Å². The van der Waals surface area contributed by atoms with Crippen molar-refractivity contribution in [3.05, 3.63) is 23.7 Å². The zero-order valence-electron chi connectivity index (χ0n) is 20.2. The number of pyridine rings is 1. The van der Waals surface area contributed by atoms with Gasteiger partial charge in [-0.15, -0.1) is 11.3 Å². The van der Waals surface area contributed by atoms with Crippen molar-refractivity contribution in [1.82, 2.24) is 19.9 Å². The average molecular weight is 499 g/mol. The van der Waals surface area contributed by atoms with Crippen LogP contribution in [-0.4, -0.2) is 66.7 Å². The Labute approximate surface area is 209 Å². The maximum atomic E-state index is 10.6. The molecule has 2 fully saturated rings. The second-order valence-corrected chi connectivity index (χ2v) is 10.9. The van der Waals surface area contributed by atoms with Gasteiger partial charge in [-0.2, -0.15) is 4.98 Å². The predicted octanol–water partition coefficient (Wildman–Crippen LogP) is 3.27. The van der Waals surface area contributed by atoms with Gasteiger partial charge in [0, 0.05) is 25.3 Å². The number of nitrogens with zero attached hydrogens (tertiary/aromatic N) is 4. The first-order valence-corrected chi connectivity index (χ1v) is 13.3. The Balaban J connectivity index is 1.47. The van der Waals surface area contributed by atoms with Gasteiger partial charge in [0.15, 0.2) is 0 Å². The molecule has 4 atom stereocenters. The van der Waals surface area contributed by atoms with Gasteiger partial charge in [0.25, 0.3) is 0 Å². The molecule has 35 heavy (non-hydrogen) atoms. The molecule has 3 aromatic heterocycles. The molecule has 3 heterocycles. The van der Waals surface area contributed by atoms with Crippen molar-refractivity contribution < 1.29 is 15.3 Å². The van der Waals surface area contributed by atoms with Gasteiger partial charge >= 0.3 is 0 Å². The van der Waals surface area contributed by atoms with Gasteiger partial charge < -0.3 is 26.0 Å². The quantitative estimate of drug-likeness (QED) is 0.317. The average Bonchev–Trinajstić information content (AvgIpc) is 3.56. The molecule has 2 saturated carbocycles. The van der Waals surface area contributed by atoms with Gasteiger partial charge in [-0.1, -0.05) is 25.7 Å². The van der Waals surface area contributed by atoms with E-state index in [1.807, 2.05) is 19.9 Å². The van der Waals surface area contributed by atoms with Crippen LogP contribution in [0.5, 0.6) is 0 Å². The molecule has 2 aliphatic carbocycles. The number of anilines is 2. The van der Waals surface area contributed by atoms with Crippen LogP contribution in [0.4, 0.5) is 11.8 Å². The number of aryl methyl sites for hydroxylation is 2. The number of aliphatic hydroxyl groups is 3. The first-order chi connectivity index (χ1) is 16.9. The monoisotopic (exact) mass is 498 g/mol. The van der Waals surface area contributed by atoms with Gasteiger partial charge in [0.2, 0.25) is 5.95 Å². The summed E-state index contributed by atoms with van der Waals surface area (Å²) in [7, 11) is 0. The van der Waals surface area contributed by atoms with E-state index in [9.17, 15) is 15.3 Å². The molecule has 188 valence electrons. The Hall–Kier alpha value is -2.40. The highest BCUT2D eigenvalue weighted by Crippen LogP contribution is 2.38. The number of hydrogen-bond donors (Lipinski definition) is 5. The summed E-state index contributed by atoms with van der Waals surface area (Å²) in [6.07, 6.45) is 6.58. The standard InChI is InChI=1S/C25H34N6O3S/c1-13-19(24-30-20-14(2)26-10-8-18(20)35-24)23(29-17-11-16(12-32)21(33)22(17)34)31-25(28-13)27-9-7-15-5-3-4-6-15/h8,10,15-17,21-22,32-34H,3-7,9,11-12H2,1-2H3,(H2,27,28,29,31)/t16-,17?,21-,22+/m1/s1. The van der Waals surface area contributed by atoms with Gasteiger partial charge in [0.1, 0.15) is 22.4 Å². The van der Waals surface area contributed by atoms with E-state index in [-0.39, 0.29) is 12.5 Å². The van der Waals surface area contributed by atoms with Crippen LogP contribution in [0.3, 0.4) is 0 Å². The molecule has 0 spiro atoms. The number of aromatic nitrogens is 4. The van der Waals surface area contributed by atoms with E-state index in [2.05, 4.69) is 15.6 Å². The second kappa shape index (κ2) is 10.3. The second-order valence-electron chi connectivity index (χ2n) is 9.89. The fraction of sp³-hybridized carbons (Fsp3) is 0.600. The summed E-state index contributed by atoms with van der Waals surface area (Å²) >= 11 is 1.55. The number of nitrogens with one attached hydrogen (secondary N) is 2. The molecule has 5 rings (SSSR count). The first kappa shape index (κ1) is 24.3. The molecule has 5 N–H and O–H groups in total. The summed E-state index contributed by atoms with van der Waals surface area (Å²) in [5, 5.41) is 38.1. The summed E-state index contributed by atoms with van der Waals surface area (Å²) < 4.78 is 1.04. The summed E-state index contributed by atoms with van der Waals surface area (Å²) in [5.41, 5.74) is 3.28. The Morgan fingerprint density at radius 1 is 1.06 bits per heavy atom. The molecule has 0 saturated heterocycles. The topological polar surface area (TPSA) is 136 Å². The van der Waals surface area contributed by atoms with E-state index in [1.54, 1.807) is 17.5 Å². The van der Waals surface area contributed by atoms with Crippen molar-refractivity contribution in [1.29, 1.82) is 0 Å². The molecular formula is C25H34N6O3S. The highest BCUT2D eigenvalue weighted by atomic mass is 32.1. The lowest BCUT2D eigenvalue weighted by Crippen LogP contribution is -2.35. The van der Waals surface area contributed by atoms with Crippen molar-refractivity contribution in [3.63, 3.8) is 0 Å². The predicted molar refractivity (Wildman–Crippen MR) is 138 cm³/mol. The maximum absolute atomic E-state index is 10.6. The van der Waals surface area contributed by atoms with Crippen molar-refractivity contribution in [3.8, 4) is 10.6 Å². The minimum Gasteiger partial charge on any atom is -0.396 e. The molecule has 0 bridgehead atoms. The highest BCUT2D eigenvalue weighted by molar-refractivity contribution is 7.21. The normalized spacial score (nSPS) is 24.9. The van der Waals surface area contributed by atoms with Crippen LogP contribution in [-0.2, 0) is 0 Å². The zero-order valence-corrected chi connectivity index (χ0v) is 21.1. The zero-order chi connectivity index (χ0) is 24.5. The van der Waals surface area contributed by atoms with Crippen molar-refractivity contribution in [2.45, 2.75) is 70.6 Å². The van der Waals surface area contributed by atoms with Crippen LogP contribution >= 0.6 is 11.3 Å². The first-order valence-electron chi connectivity index (χ1n) is 12.5. The molecule has 0 aliphatic heterocycles. The molecular weight excluding hydrogens is 464 g/mol. The molecule has 0 radical (unpaired) electrons. The lowest BCUT2D eigenvalue weighted by molar-refractivity contribution is 0.00446. The summed E-state index contributed by atoms with van der Waals surface area (Å²) in [5.74, 6) is 1.50. The largest absolute Gasteiger partial charge is 0.396 e. The van der Waals surface area contributed by atoms with Gasteiger partial charge in [-0.05, 0) is 38.7 Å². The minimum absolute atomic E-state index is 0.176.